The second-order valence-corrected chi connectivity index (χ2v) is 9.96. The van der Waals surface area contributed by atoms with E-state index in [9.17, 15) is 18.0 Å². The number of sulfonamides is 1. The zero-order valence-corrected chi connectivity index (χ0v) is 20.3. The molecular weight excluding hydrogens is 450 g/mol. The van der Waals surface area contributed by atoms with E-state index in [-0.39, 0.29) is 5.91 Å². The Morgan fingerprint density at radius 1 is 0.912 bits per heavy atom. The molecule has 0 unspecified atom stereocenters. The van der Waals surface area contributed by atoms with Gasteiger partial charge in [-0.15, -0.1) is 0 Å². The van der Waals surface area contributed by atoms with E-state index in [1.54, 1.807) is 48.5 Å². The Morgan fingerprint density at radius 3 is 2.18 bits per heavy atom. The summed E-state index contributed by atoms with van der Waals surface area (Å²) in [5.74, 6) is -0.867. The summed E-state index contributed by atoms with van der Waals surface area (Å²) < 4.78 is 26.1. The molecule has 0 fully saturated rings. The van der Waals surface area contributed by atoms with E-state index < -0.39 is 22.0 Å². The molecule has 0 saturated carbocycles. The van der Waals surface area contributed by atoms with Gasteiger partial charge in [0, 0.05) is 6.54 Å². The van der Waals surface area contributed by atoms with Gasteiger partial charge in [-0.05, 0) is 50.1 Å². The van der Waals surface area contributed by atoms with Gasteiger partial charge in [-0.1, -0.05) is 60.2 Å². The Bertz CT molecular complexity index is 1240. The van der Waals surface area contributed by atoms with Crippen LogP contribution >= 0.6 is 0 Å². The van der Waals surface area contributed by atoms with Crippen molar-refractivity contribution in [3.63, 3.8) is 0 Å². The highest BCUT2D eigenvalue weighted by atomic mass is 32.2. The van der Waals surface area contributed by atoms with Crippen molar-refractivity contribution in [2.75, 3.05) is 22.4 Å². The summed E-state index contributed by atoms with van der Waals surface area (Å²) in [6.07, 6.45) is 1.74. The van der Waals surface area contributed by atoms with Crippen LogP contribution < -0.4 is 14.9 Å². The molecule has 7 nitrogen and oxygen atoms in total. The fraction of sp³-hybridized carbons (Fsp3) is 0.231. The second-order valence-electron chi connectivity index (χ2n) is 8.10. The van der Waals surface area contributed by atoms with Gasteiger partial charge in [-0.2, -0.15) is 0 Å². The molecule has 0 aliphatic rings. The quantitative estimate of drug-likeness (QED) is 0.489. The van der Waals surface area contributed by atoms with Crippen molar-refractivity contribution in [3.05, 3.63) is 95.6 Å². The average Bonchev–Trinajstić information content (AvgIpc) is 2.80. The lowest BCUT2D eigenvalue weighted by molar-refractivity contribution is -0.116. The van der Waals surface area contributed by atoms with E-state index >= 15 is 0 Å². The Kier molecular flexibility index (Phi) is 8.07. The minimum absolute atomic E-state index is 0.303. The number of rotatable bonds is 9. The summed E-state index contributed by atoms with van der Waals surface area (Å²) in [4.78, 5) is 25.9. The fourth-order valence-electron chi connectivity index (χ4n) is 3.59. The van der Waals surface area contributed by atoms with Crippen LogP contribution in [0.3, 0.4) is 0 Å². The molecule has 0 spiro atoms. The van der Waals surface area contributed by atoms with Crippen LogP contribution in [0, 0.1) is 6.92 Å². The highest BCUT2D eigenvalue weighted by molar-refractivity contribution is 7.92. The molecule has 1 atom stereocenters. The number of anilines is 2. The smallest absolute Gasteiger partial charge is 0.253 e. The average molecular weight is 480 g/mol. The third-order valence-corrected chi connectivity index (χ3v) is 6.59. The highest BCUT2D eigenvalue weighted by Gasteiger charge is 2.29. The number of carbonyl (C=O) groups is 2. The first-order valence-electron chi connectivity index (χ1n) is 10.9. The van der Waals surface area contributed by atoms with Crippen LogP contribution in [-0.2, 0) is 21.2 Å². The van der Waals surface area contributed by atoms with Crippen molar-refractivity contribution < 1.29 is 18.0 Å². The van der Waals surface area contributed by atoms with Crippen molar-refractivity contribution in [1.29, 1.82) is 0 Å². The van der Waals surface area contributed by atoms with Gasteiger partial charge < -0.3 is 10.6 Å². The van der Waals surface area contributed by atoms with Gasteiger partial charge in [-0.25, -0.2) is 8.42 Å². The molecule has 34 heavy (non-hydrogen) atoms. The maximum atomic E-state index is 13.1. The number of hydrogen-bond acceptors (Lipinski definition) is 4. The highest BCUT2D eigenvalue weighted by Crippen LogP contribution is 2.23. The van der Waals surface area contributed by atoms with E-state index in [1.165, 1.54) is 6.92 Å². The molecular formula is C26H29N3O4S. The number of carbonyl (C=O) groups excluding carboxylic acids is 2. The summed E-state index contributed by atoms with van der Waals surface area (Å²) in [6, 6.07) is 22.3. The molecule has 2 N–H and O–H groups in total. The van der Waals surface area contributed by atoms with Gasteiger partial charge in [0.25, 0.3) is 5.91 Å². The molecule has 3 rings (SSSR count). The Labute approximate surface area is 200 Å². The number of aryl methyl sites for hydroxylation is 1. The van der Waals surface area contributed by atoms with Gasteiger partial charge in [0.05, 0.1) is 23.2 Å². The third-order valence-electron chi connectivity index (χ3n) is 5.35. The predicted molar refractivity (Wildman–Crippen MR) is 136 cm³/mol. The normalized spacial score (nSPS) is 12.0. The molecule has 2 amide bonds. The van der Waals surface area contributed by atoms with Crippen LogP contribution in [0.5, 0.6) is 0 Å². The minimum atomic E-state index is -3.74. The van der Waals surface area contributed by atoms with Crippen LogP contribution in [0.4, 0.5) is 11.4 Å². The topological polar surface area (TPSA) is 95.6 Å². The maximum absolute atomic E-state index is 13.1. The van der Waals surface area contributed by atoms with Gasteiger partial charge in [0.2, 0.25) is 15.9 Å². The van der Waals surface area contributed by atoms with E-state index in [0.29, 0.717) is 29.9 Å². The molecule has 0 aromatic heterocycles. The molecule has 0 aliphatic carbocycles. The molecule has 3 aromatic carbocycles. The molecule has 0 radical (unpaired) electrons. The van der Waals surface area contributed by atoms with Crippen LogP contribution in [0.15, 0.2) is 78.9 Å². The Balaban J connectivity index is 1.73. The summed E-state index contributed by atoms with van der Waals surface area (Å²) >= 11 is 0. The van der Waals surface area contributed by atoms with Crippen molar-refractivity contribution in [2.45, 2.75) is 26.3 Å². The molecule has 0 heterocycles. The SMILES string of the molecule is Cc1ccc(N([C@@H](C)C(=O)Nc2ccccc2C(=O)NCCc2ccccc2)S(C)(=O)=O)cc1. The summed E-state index contributed by atoms with van der Waals surface area (Å²) in [5.41, 5.74) is 3.09. The van der Waals surface area contributed by atoms with Crippen LogP contribution in [0.25, 0.3) is 0 Å². The van der Waals surface area contributed by atoms with Crippen LogP contribution in [-0.4, -0.2) is 39.1 Å². The summed E-state index contributed by atoms with van der Waals surface area (Å²) in [5, 5.41) is 5.60. The summed E-state index contributed by atoms with van der Waals surface area (Å²) in [6.45, 7) is 3.85. The maximum Gasteiger partial charge on any atom is 0.253 e. The minimum Gasteiger partial charge on any atom is -0.352 e. The van der Waals surface area contributed by atoms with Crippen molar-refractivity contribution >= 4 is 33.2 Å². The molecule has 0 saturated heterocycles. The largest absolute Gasteiger partial charge is 0.352 e. The van der Waals surface area contributed by atoms with Crippen molar-refractivity contribution in [2.24, 2.45) is 0 Å². The number of benzene rings is 3. The predicted octanol–water partition coefficient (Wildman–Crippen LogP) is 3.76. The molecule has 0 bridgehead atoms. The zero-order chi connectivity index (χ0) is 24.7. The molecule has 8 heteroatoms. The van der Waals surface area contributed by atoms with Crippen molar-refractivity contribution in [3.8, 4) is 0 Å². The standard InChI is InChI=1S/C26H29N3O4S/c1-19-13-15-22(16-14-19)29(34(3,32)33)20(2)25(30)28-24-12-8-7-11-23(24)26(31)27-18-17-21-9-5-4-6-10-21/h4-16,20H,17-18H2,1-3H3,(H,27,31)(H,28,30)/t20-/m0/s1. The number of nitrogens with zero attached hydrogens (tertiary/aromatic N) is 1. The number of hydrogen-bond donors (Lipinski definition) is 2. The second kappa shape index (κ2) is 11.0. The van der Waals surface area contributed by atoms with E-state index in [0.717, 1.165) is 21.7 Å². The molecule has 3 aromatic rings. The zero-order valence-electron chi connectivity index (χ0n) is 19.5. The lowest BCUT2D eigenvalue weighted by Crippen LogP contribution is -2.45. The van der Waals surface area contributed by atoms with Crippen molar-refractivity contribution in [1.82, 2.24) is 5.32 Å². The lowest BCUT2D eigenvalue weighted by atomic mass is 10.1. The fourth-order valence-corrected chi connectivity index (χ4v) is 4.76. The first-order chi connectivity index (χ1) is 16.2. The third kappa shape index (κ3) is 6.45. The van der Waals surface area contributed by atoms with Gasteiger partial charge in [0.15, 0.2) is 0 Å². The number of nitrogens with one attached hydrogen (secondary N) is 2. The first-order valence-corrected chi connectivity index (χ1v) is 12.8. The Hall–Kier alpha value is -3.65. The first kappa shape index (κ1) is 25.0. The molecule has 178 valence electrons. The van der Waals surface area contributed by atoms with Crippen LogP contribution in [0.1, 0.15) is 28.4 Å². The monoisotopic (exact) mass is 479 g/mol. The summed E-state index contributed by atoms with van der Waals surface area (Å²) in [7, 11) is -3.74. The Morgan fingerprint density at radius 2 is 1.53 bits per heavy atom. The molecule has 0 aliphatic heterocycles. The van der Waals surface area contributed by atoms with E-state index in [1.807, 2.05) is 37.3 Å². The number of para-hydroxylation sites is 1. The van der Waals surface area contributed by atoms with Crippen LogP contribution in [0.2, 0.25) is 0 Å². The van der Waals surface area contributed by atoms with Gasteiger partial charge >= 0.3 is 0 Å². The van der Waals surface area contributed by atoms with E-state index in [2.05, 4.69) is 10.6 Å². The lowest BCUT2D eigenvalue weighted by Gasteiger charge is -2.28. The van der Waals surface area contributed by atoms with Gasteiger partial charge in [-0.3, -0.25) is 13.9 Å². The van der Waals surface area contributed by atoms with Gasteiger partial charge in [0.1, 0.15) is 6.04 Å². The number of amides is 2. The van der Waals surface area contributed by atoms with E-state index in [4.69, 9.17) is 0 Å².